The predicted molar refractivity (Wildman–Crippen MR) is 109 cm³/mol. The monoisotopic (exact) mass is 400 g/mol. The summed E-state index contributed by atoms with van der Waals surface area (Å²) < 4.78 is 48.3. The van der Waals surface area contributed by atoms with E-state index in [2.05, 4.69) is 11.7 Å². The fraction of sp³-hybridized carbons (Fsp3) is 0.250. The zero-order chi connectivity index (χ0) is 20.6. The second-order valence-corrected chi connectivity index (χ2v) is 6.68. The molecule has 3 rings (SSSR count). The van der Waals surface area contributed by atoms with Crippen LogP contribution >= 0.6 is 0 Å². The van der Waals surface area contributed by atoms with Gasteiger partial charge in [-0.15, -0.1) is 0 Å². The molecule has 3 aromatic rings. The average molecular weight is 400 g/mol. The summed E-state index contributed by atoms with van der Waals surface area (Å²) in [5.41, 5.74) is 3.44. The van der Waals surface area contributed by atoms with Gasteiger partial charge in [0.2, 0.25) is 0 Å². The summed E-state index contributed by atoms with van der Waals surface area (Å²) in [5, 5.41) is 0. The molecule has 0 atom stereocenters. The third-order valence-electron chi connectivity index (χ3n) is 4.57. The molecule has 0 fully saturated rings. The molecule has 0 aromatic heterocycles. The number of alkyl halides is 2. The van der Waals surface area contributed by atoms with Crippen molar-refractivity contribution >= 4 is 0 Å². The molecule has 3 aromatic carbocycles. The smallest absolute Gasteiger partial charge is 0.387 e. The largest absolute Gasteiger partial charge is 0.494 e. The summed E-state index contributed by atoms with van der Waals surface area (Å²) in [6, 6.07) is 19.5. The number of rotatable bonds is 9. The van der Waals surface area contributed by atoms with Crippen LogP contribution in [0.25, 0.3) is 22.3 Å². The van der Waals surface area contributed by atoms with E-state index in [0.717, 1.165) is 41.9 Å². The first kappa shape index (κ1) is 20.8. The third kappa shape index (κ3) is 5.76. The summed E-state index contributed by atoms with van der Waals surface area (Å²) in [5.74, 6) is -0.429. The summed E-state index contributed by atoms with van der Waals surface area (Å²) in [4.78, 5) is 0. The van der Waals surface area contributed by atoms with E-state index >= 15 is 0 Å². The summed E-state index contributed by atoms with van der Waals surface area (Å²) in [6.45, 7) is -0.171. The Morgan fingerprint density at radius 2 is 1.31 bits per heavy atom. The van der Waals surface area contributed by atoms with Gasteiger partial charge in [0.1, 0.15) is 5.75 Å². The molecule has 0 aliphatic heterocycles. The van der Waals surface area contributed by atoms with E-state index in [-0.39, 0.29) is 0 Å². The molecule has 5 heteroatoms. The molecular weight excluding hydrogens is 377 g/mol. The summed E-state index contributed by atoms with van der Waals surface area (Å²) >= 11 is 0. The lowest BCUT2D eigenvalue weighted by Crippen LogP contribution is -2.03. The minimum atomic E-state index is -3.05. The maximum absolute atomic E-state index is 13.9. The van der Waals surface area contributed by atoms with Crippen LogP contribution in [0.15, 0.2) is 66.7 Å². The van der Waals surface area contributed by atoms with Crippen molar-refractivity contribution in [2.24, 2.45) is 0 Å². The highest BCUT2D eigenvalue weighted by Gasteiger charge is 2.11. The Balaban J connectivity index is 1.68. The second kappa shape index (κ2) is 10.0. The quantitative estimate of drug-likeness (QED) is 0.350. The van der Waals surface area contributed by atoms with Crippen molar-refractivity contribution in [3.8, 4) is 33.8 Å². The molecule has 0 saturated heterocycles. The second-order valence-electron chi connectivity index (χ2n) is 6.68. The Hall–Kier alpha value is -2.95. The van der Waals surface area contributed by atoms with Crippen LogP contribution in [0.2, 0.25) is 0 Å². The fourth-order valence-electron chi connectivity index (χ4n) is 3.01. The van der Waals surface area contributed by atoms with Crippen LogP contribution in [-0.2, 0) is 0 Å². The molecule has 152 valence electrons. The fourth-order valence-corrected chi connectivity index (χ4v) is 3.01. The molecule has 0 amide bonds. The van der Waals surface area contributed by atoms with Crippen molar-refractivity contribution in [1.82, 2.24) is 0 Å². The van der Waals surface area contributed by atoms with Crippen LogP contribution in [0, 0.1) is 5.82 Å². The number of unbranched alkanes of at least 4 members (excludes halogenated alkanes) is 2. The maximum Gasteiger partial charge on any atom is 0.387 e. The Labute approximate surface area is 168 Å². The van der Waals surface area contributed by atoms with Crippen LogP contribution in [0.5, 0.6) is 11.5 Å². The molecule has 0 heterocycles. The van der Waals surface area contributed by atoms with Gasteiger partial charge in [-0.2, -0.15) is 8.78 Å². The number of ether oxygens (including phenoxy) is 2. The summed E-state index contributed by atoms with van der Waals surface area (Å²) in [6.07, 6.45) is 3.38. The lowest BCUT2D eigenvalue weighted by molar-refractivity contribution is -0.0521. The van der Waals surface area contributed by atoms with Gasteiger partial charge in [-0.25, -0.2) is 4.39 Å². The third-order valence-corrected chi connectivity index (χ3v) is 4.57. The van der Waals surface area contributed by atoms with E-state index in [1.807, 2.05) is 48.5 Å². The zero-order valence-corrected chi connectivity index (χ0v) is 16.2. The Kier molecular flexibility index (Phi) is 7.17. The lowest BCUT2D eigenvalue weighted by atomic mass is 10.00. The first-order valence-electron chi connectivity index (χ1n) is 9.65. The van der Waals surface area contributed by atoms with Crippen molar-refractivity contribution in [3.05, 3.63) is 72.5 Å². The molecule has 0 N–H and O–H groups in total. The van der Waals surface area contributed by atoms with Crippen LogP contribution in [-0.4, -0.2) is 13.2 Å². The molecule has 0 aliphatic carbocycles. The number of benzene rings is 3. The van der Waals surface area contributed by atoms with Gasteiger partial charge in [0.25, 0.3) is 0 Å². The lowest BCUT2D eigenvalue weighted by Gasteiger charge is -2.09. The van der Waals surface area contributed by atoms with Crippen LogP contribution in [0.3, 0.4) is 0 Å². The standard InChI is InChI=1S/C24H23F3O2/c1-2-3-4-15-28-21-12-9-18(10-13-21)17-5-7-19(8-6-17)20-11-14-23(22(25)16-20)29-24(26)27/h5-14,16,24H,2-4,15H2,1H3. The highest BCUT2D eigenvalue weighted by atomic mass is 19.3. The Bertz CT molecular complexity index is 906. The van der Waals surface area contributed by atoms with Gasteiger partial charge < -0.3 is 9.47 Å². The molecule has 0 radical (unpaired) electrons. The van der Waals surface area contributed by atoms with Crippen LogP contribution in [0.4, 0.5) is 13.2 Å². The first-order chi connectivity index (χ1) is 14.1. The van der Waals surface area contributed by atoms with Crippen LogP contribution in [0.1, 0.15) is 26.2 Å². The summed E-state index contributed by atoms with van der Waals surface area (Å²) in [7, 11) is 0. The van der Waals surface area contributed by atoms with Gasteiger partial charge in [-0.3, -0.25) is 0 Å². The van der Waals surface area contributed by atoms with E-state index in [1.54, 1.807) is 6.07 Å². The first-order valence-corrected chi connectivity index (χ1v) is 9.65. The highest BCUT2D eigenvalue weighted by Crippen LogP contribution is 2.29. The predicted octanol–water partition coefficient (Wildman–Crippen LogP) is 7.33. The number of halogens is 3. The van der Waals surface area contributed by atoms with Crippen molar-refractivity contribution in [2.75, 3.05) is 6.61 Å². The molecule has 2 nitrogen and oxygen atoms in total. The topological polar surface area (TPSA) is 18.5 Å². The zero-order valence-electron chi connectivity index (χ0n) is 16.2. The van der Waals surface area contributed by atoms with E-state index < -0.39 is 18.2 Å². The van der Waals surface area contributed by atoms with Crippen molar-refractivity contribution in [3.63, 3.8) is 0 Å². The van der Waals surface area contributed by atoms with Gasteiger partial charge in [0.05, 0.1) is 6.61 Å². The van der Waals surface area contributed by atoms with Gasteiger partial charge >= 0.3 is 6.61 Å². The van der Waals surface area contributed by atoms with E-state index in [4.69, 9.17) is 4.74 Å². The SMILES string of the molecule is CCCCCOc1ccc(-c2ccc(-c3ccc(OC(F)F)c(F)c3)cc2)cc1. The van der Waals surface area contributed by atoms with Crippen molar-refractivity contribution in [2.45, 2.75) is 32.8 Å². The molecule has 0 aliphatic rings. The van der Waals surface area contributed by atoms with Gasteiger partial charge in [-0.05, 0) is 52.9 Å². The Morgan fingerprint density at radius 3 is 1.86 bits per heavy atom. The molecule has 0 unspecified atom stereocenters. The molecule has 0 bridgehead atoms. The van der Waals surface area contributed by atoms with Crippen LogP contribution < -0.4 is 9.47 Å². The average Bonchev–Trinajstić information content (AvgIpc) is 2.73. The van der Waals surface area contributed by atoms with Gasteiger partial charge in [0, 0.05) is 0 Å². The van der Waals surface area contributed by atoms with E-state index in [1.165, 1.54) is 18.6 Å². The minimum Gasteiger partial charge on any atom is -0.494 e. The van der Waals surface area contributed by atoms with Gasteiger partial charge in [-0.1, -0.05) is 62.2 Å². The minimum absolute atomic E-state index is 0.461. The Morgan fingerprint density at radius 1 is 0.759 bits per heavy atom. The normalized spacial score (nSPS) is 10.9. The molecular formula is C24H23F3O2. The van der Waals surface area contributed by atoms with Crippen molar-refractivity contribution < 1.29 is 22.6 Å². The van der Waals surface area contributed by atoms with E-state index in [0.29, 0.717) is 5.56 Å². The maximum atomic E-state index is 13.9. The molecule has 0 saturated carbocycles. The van der Waals surface area contributed by atoms with Crippen molar-refractivity contribution in [1.29, 1.82) is 0 Å². The van der Waals surface area contributed by atoms with E-state index in [9.17, 15) is 13.2 Å². The number of hydrogen-bond acceptors (Lipinski definition) is 2. The number of hydrogen-bond donors (Lipinski definition) is 0. The van der Waals surface area contributed by atoms with Gasteiger partial charge in [0.15, 0.2) is 11.6 Å². The molecule has 0 spiro atoms. The molecule has 29 heavy (non-hydrogen) atoms. The highest BCUT2D eigenvalue weighted by molar-refractivity contribution is 5.71.